The average Bonchev–Trinajstić information content (AvgIpc) is 3.37. The standard InChI is InChI=1S/C25H24FN7O/c1-15-23(25(34)32-9-7-19(28)8-10-32)29-24(16-3-4-17(13-27)21(26)12-16)33(15)20-5-6-22-18(11-20)14-31(2)30-22/h3-6,11-12,14,19H,7-10,28H2,1-2H3. The molecule has 1 amide bonds. The van der Waals surface area contributed by atoms with E-state index in [2.05, 4.69) is 5.10 Å². The predicted molar refractivity (Wildman–Crippen MR) is 126 cm³/mol. The van der Waals surface area contributed by atoms with Crippen molar-refractivity contribution in [2.45, 2.75) is 25.8 Å². The number of aryl methyl sites for hydroxylation is 1. The van der Waals surface area contributed by atoms with E-state index in [1.165, 1.54) is 12.1 Å². The van der Waals surface area contributed by atoms with Gasteiger partial charge in [0.2, 0.25) is 0 Å². The number of aromatic nitrogens is 4. The molecule has 0 spiro atoms. The van der Waals surface area contributed by atoms with Gasteiger partial charge in [-0.3, -0.25) is 14.0 Å². The summed E-state index contributed by atoms with van der Waals surface area (Å²) in [4.78, 5) is 19.9. The molecule has 1 aliphatic heterocycles. The number of carbonyl (C=O) groups excluding carboxylic acids is 1. The lowest BCUT2D eigenvalue weighted by Gasteiger charge is -2.29. The van der Waals surface area contributed by atoms with Crippen LogP contribution in [0.1, 0.15) is 34.6 Å². The van der Waals surface area contributed by atoms with Crippen LogP contribution in [0.4, 0.5) is 4.39 Å². The number of imidazole rings is 1. The molecule has 3 heterocycles. The van der Waals surface area contributed by atoms with Crippen molar-refractivity contribution in [3.8, 4) is 23.1 Å². The van der Waals surface area contributed by atoms with Crippen LogP contribution in [0.15, 0.2) is 42.6 Å². The molecule has 1 aliphatic rings. The van der Waals surface area contributed by atoms with Gasteiger partial charge in [0.15, 0.2) is 0 Å². The first-order chi connectivity index (χ1) is 16.4. The summed E-state index contributed by atoms with van der Waals surface area (Å²) in [5.41, 5.74) is 9.04. The molecule has 34 heavy (non-hydrogen) atoms. The number of nitrogens with two attached hydrogens (primary N) is 1. The number of carbonyl (C=O) groups is 1. The van der Waals surface area contributed by atoms with E-state index in [1.807, 2.05) is 49.0 Å². The smallest absolute Gasteiger partial charge is 0.274 e. The first-order valence-electron chi connectivity index (χ1n) is 11.1. The highest BCUT2D eigenvalue weighted by molar-refractivity contribution is 5.95. The first-order valence-corrected chi connectivity index (χ1v) is 11.1. The Morgan fingerprint density at radius 3 is 2.68 bits per heavy atom. The lowest BCUT2D eigenvalue weighted by molar-refractivity contribution is 0.0708. The number of piperidine rings is 1. The van der Waals surface area contributed by atoms with Gasteiger partial charge in [-0.25, -0.2) is 9.37 Å². The molecule has 0 bridgehead atoms. The fraction of sp³-hybridized carbons (Fsp3) is 0.280. The number of benzene rings is 2. The third-order valence-corrected chi connectivity index (χ3v) is 6.35. The molecular weight excluding hydrogens is 433 g/mol. The van der Waals surface area contributed by atoms with Gasteiger partial charge in [-0.1, -0.05) is 0 Å². The summed E-state index contributed by atoms with van der Waals surface area (Å²) in [7, 11) is 1.86. The van der Waals surface area contributed by atoms with Gasteiger partial charge < -0.3 is 10.6 Å². The van der Waals surface area contributed by atoms with Crippen LogP contribution < -0.4 is 5.73 Å². The van der Waals surface area contributed by atoms with E-state index in [0.29, 0.717) is 35.9 Å². The maximum Gasteiger partial charge on any atom is 0.274 e. The Labute approximate surface area is 196 Å². The summed E-state index contributed by atoms with van der Waals surface area (Å²) in [5.74, 6) is -0.366. The molecule has 8 nitrogen and oxygen atoms in total. The number of hydrogen-bond donors (Lipinski definition) is 1. The van der Waals surface area contributed by atoms with Crippen LogP contribution >= 0.6 is 0 Å². The average molecular weight is 458 g/mol. The molecule has 2 aromatic carbocycles. The third-order valence-electron chi connectivity index (χ3n) is 6.35. The van der Waals surface area contributed by atoms with E-state index in [4.69, 9.17) is 16.0 Å². The van der Waals surface area contributed by atoms with Crippen molar-refractivity contribution in [2.24, 2.45) is 12.8 Å². The number of fused-ring (bicyclic) bond motifs is 1. The highest BCUT2D eigenvalue weighted by atomic mass is 19.1. The summed E-state index contributed by atoms with van der Waals surface area (Å²) < 4.78 is 18.1. The summed E-state index contributed by atoms with van der Waals surface area (Å²) >= 11 is 0. The van der Waals surface area contributed by atoms with E-state index in [1.54, 1.807) is 15.6 Å². The van der Waals surface area contributed by atoms with Gasteiger partial charge in [0.05, 0.1) is 16.8 Å². The summed E-state index contributed by atoms with van der Waals surface area (Å²) in [5, 5.41) is 14.5. The summed E-state index contributed by atoms with van der Waals surface area (Å²) in [6.45, 7) is 3.00. The predicted octanol–water partition coefficient (Wildman–Crippen LogP) is 3.31. The molecular formula is C25H24FN7O. The number of rotatable bonds is 3. The molecule has 0 saturated carbocycles. The van der Waals surface area contributed by atoms with Crippen molar-refractivity contribution in [1.29, 1.82) is 5.26 Å². The number of hydrogen-bond acceptors (Lipinski definition) is 5. The van der Waals surface area contributed by atoms with Crippen LogP contribution in [0, 0.1) is 24.1 Å². The fourth-order valence-corrected chi connectivity index (χ4v) is 4.49. The maximum atomic E-state index is 14.5. The Balaban J connectivity index is 1.67. The van der Waals surface area contributed by atoms with Crippen molar-refractivity contribution < 1.29 is 9.18 Å². The van der Waals surface area contributed by atoms with Gasteiger partial charge in [0.25, 0.3) is 5.91 Å². The zero-order valence-electron chi connectivity index (χ0n) is 19.0. The van der Waals surface area contributed by atoms with Gasteiger partial charge in [-0.2, -0.15) is 10.4 Å². The zero-order valence-corrected chi connectivity index (χ0v) is 19.0. The number of likely N-dealkylation sites (tertiary alicyclic amines) is 1. The second-order valence-corrected chi connectivity index (χ2v) is 8.69. The molecule has 0 atom stereocenters. The van der Waals surface area contributed by atoms with Crippen molar-refractivity contribution in [2.75, 3.05) is 13.1 Å². The largest absolute Gasteiger partial charge is 0.337 e. The molecule has 172 valence electrons. The topological polar surface area (TPSA) is 106 Å². The fourth-order valence-electron chi connectivity index (χ4n) is 4.49. The van der Waals surface area contributed by atoms with Crippen LogP contribution in [0.3, 0.4) is 0 Å². The van der Waals surface area contributed by atoms with Gasteiger partial charge in [-0.15, -0.1) is 0 Å². The quantitative estimate of drug-likeness (QED) is 0.508. The van der Waals surface area contributed by atoms with Crippen molar-refractivity contribution in [3.05, 3.63) is 65.4 Å². The molecule has 5 rings (SSSR count). The Hall–Kier alpha value is -4.03. The molecule has 0 aliphatic carbocycles. The first kappa shape index (κ1) is 21.8. The minimum atomic E-state index is -0.632. The zero-order chi connectivity index (χ0) is 24.0. The molecule has 1 fully saturated rings. The highest BCUT2D eigenvalue weighted by Crippen LogP contribution is 2.30. The van der Waals surface area contributed by atoms with Gasteiger partial charge in [0, 0.05) is 49.0 Å². The normalized spacial score (nSPS) is 14.5. The lowest BCUT2D eigenvalue weighted by Crippen LogP contribution is -2.43. The number of halogens is 1. The lowest BCUT2D eigenvalue weighted by atomic mass is 10.1. The van der Waals surface area contributed by atoms with E-state index in [9.17, 15) is 9.18 Å². The van der Waals surface area contributed by atoms with Crippen LogP contribution in [-0.4, -0.2) is 49.3 Å². The van der Waals surface area contributed by atoms with E-state index >= 15 is 0 Å². The second kappa shape index (κ2) is 8.39. The molecule has 9 heteroatoms. The molecule has 4 aromatic rings. The highest BCUT2D eigenvalue weighted by Gasteiger charge is 2.28. The van der Waals surface area contributed by atoms with Crippen molar-refractivity contribution in [1.82, 2.24) is 24.2 Å². The van der Waals surface area contributed by atoms with Crippen molar-refractivity contribution >= 4 is 16.8 Å². The van der Waals surface area contributed by atoms with Gasteiger partial charge in [0.1, 0.15) is 23.4 Å². The second-order valence-electron chi connectivity index (χ2n) is 8.69. The third kappa shape index (κ3) is 3.72. The summed E-state index contributed by atoms with van der Waals surface area (Å²) in [6, 6.07) is 12.1. The van der Waals surface area contributed by atoms with Crippen LogP contribution in [0.25, 0.3) is 28.0 Å². The maximum absolute atomic E-state index is 14.5. The van der Waals surface area contributed by atoms with Crippen molar-refractivity contribution in [3.63, 3.8) is 0 Å². The number of nitrogens with zero attached hydrogens (tertiary/aromatic N) is 6. The monoisotopic (exact) mass is 457 g/mol. The van der Waals surface area contributed by atoms with E-state index in [-0.39, 0.29) is 17.5 Å². The van der Waals surface area contributed by atoms with E-state index < -0.39 is 5.82 Å². The Kier molecular flexibility index (Phi) is 5.38. The molecule has 2 aromatic heterocycles. The Morgan fingerprint density at radius 2 is 1.97 bits per heavy atom. The Bertz CT molecular complexity index is 1450. The number of amides is 1. The molecule has 2 N–H and O–H groups in total. The molecule has 1 saturated heterocycles. The number of nitriles is 1. The van der Waals surface area contributed by atoms with Crippen LogP contribution in [0.2, 0.25) is 0 Å². The Morgan fingerprint density at radius 1 is 1.21 bits per heavy atom. The minimum absolute atomic E-state index is 0.0451. The summed E-state index contributed by atoms with van der Waals surface area (Å²) in [6.07, 6.45) is 3.41. The van der Waals surface area contributed by atoms with Gasteiger partial charge >= 0.3 is 0 Å². The minimum Gasteiger partial charge on any atom is -0.337 e. The SMILES string of the molecule is Cc1c(C(=O)N2CCC(N)CC2)nc(-c2ccc(C#N)c(F)c2)n1-c1ccc2nn(C)cc2c1. The molecule has 0 radical (unpaired) electrons. The molecule has 0 unspecified atom stereocenters. The van der Waals surface area contributed by atoms with E-state index in [0.717, 1.165) is 29.4 Å². The van der Waals surface area contributed by atoms with Crippen LogP contribution in [0.5, 0.6) is 0 Å². The van der Waals surface area contributed by atoms with Gasteiger partial charge in [-0.05, 0) is 56.2 Å². The van der Waals surface area contributed by atoms with Crippen LogP contribution in [-0.2, 0) is 7.05 Å².